The Bertz CT molecular complexity index is 1250. The Morgan fingerprint density at radius 3 is 2.09 bits per heavy atom. The molecule has 180 valence electrons. The summed E-state index contributed by atoms with van der Waals surface area (Å²) in [6.07, 6.45) is 2.75. The maximum Gasteiger partial charge on any atom is 0.243 e. The number of aromatic amines is 1. The number of benzene rings is 1. The van der Waals surface area contributed by atoms with Gasteiger partial charge in [-0.3, -0.25) is 0 Å². The Morgan fingerprint density at radius 2 is 1.59 bits per heavy atom. The molecule has 0 bridgehead atoms. The average Bonchev–Trinajstić information content (AvgIpc) is 2.85. The number of hydrogen-bond acceptors (Lipinski definition) is 8. The van der Waals surface area contributed by atoms with Crippen molar-refractivity contribution in [1.29, 1.82) is 10.5 Å². The zero-order valence-electron chi connectivity index (χ0n) is 19.1. The first-order valence-electron chi connectivity index (χ1n) is 11.0. The van der Waals surface area contributed by atoms with Gasteiger partial charge in [0.05, 0.1) is 23.7 Å². The minimum absolute atomic E-state index is 0.0708. The standard InChI is InChI=1S/C18H17N5O2S2.C5H11NO/c19-10-14-16(15(11-20)18(26)22-17(14)21)12-4-6-13(7-5-12)27(24,25)23-8-2-1-3-9-23;1-6-2-4-7-5-3-6/h4-7H,1-3,8-9H2,(H3,21,22,26);2-5H2,1H3. The van der Waals surface area contributed by atoms with Crippen molar-refractivity contribution in [2.75, 3.05) is 52.2 Å². The number of nitriles is 2. The highest BCUT2D eigenvalue weighted by Crippen LogP contribution is 2.31. The van der Waals surface area contributed by atoms with Crippen LogP contribution in [0.5, 0.6) is 0 Å². The van der Waals surface area contributed by atoms with E-state index in [0.717, 1.165) is 45.6 Å². The fraction of sp³-hybridized carbons (Fsp3) is 0.435. The molecular weight excluding hydrogens is 472 g/mol. The van der Waals surface area contributed by atoms with Crippen LogP contribution in [0.15, 0.2) is 29.2 Å². The van der Waals surface area contributed by atoms with Gasteiger partial charge in [-0.2, -0.15) is 14.8 Å². The predicted molar refractivity (Wildman–Crippen MR) is 132 cm³/mol. The molecule has 2 fully saturated rings. The lowest BCUT2D eigenvalue weighted by molar-refractivity contribution is 0.0503. The molecule has 2 saturated heterocycles. The number of nitrogens with one attached hydrogen (secondary N) is 1. The summed E-state index contributed by atoms with van der Waals surface area (Å²) in [5, 5.41) is 18.9. The van der Waals surface area contributed by atoms with E-state index in [1.807, 2.05) is 12.1 Å². The number of nitrogen functional groups attached to an aromatic ring is 1. The molecule has 0 atom stereocenters. The zero-order valence-corrected chi connectivity index (χ0v) is 20.7. The fourth-order valence-corrected chi connectivity index (χ4v) is 5.61. The van der Waals surface area contributed by atoms with Gasteiger partial charge < -0.3 is 20.4 Å². The number of H-pyrrole nitrogens is 1. The second-order valence-corrected chi connectivity index (χ2v) is 10.5. The molecule has 9 nitrogen and oxygen atoms in total. The largest absolute Gasteiger partial charge is 0.384 e. The van der Waals surface area contributed by atoms with Crippen LogP contribution >= 0.6 is 12.2 Å². The summed E-state index contributed by atoms with van der Waals surface area (Å²) < 4.78 is 32.3. The Kier molecular flexibility index (Phi) is 8.78. The summed E-state index contributed by atoms with van der Waals surface area (Å²) in [5.74, 6) is 0.0708. The third-order valence-electron chi connectivity index (χ3n) is 5.80. The number of piperidine rings is 1. The molecule has 0 aliphatic carbocycles. The Balaban J connectivity index is 0.000000396. The number of rotatable bonds is 3. The van der Waals surface area contributed by atoms with Crippen LogP contribution in [0, 0.1) is 27.3 Å². The van der Waals surface area contributed by atoms with Crippen molar-refractivity contribution in [3.63, 3.8) is 0 Å². The highest BCUT2D eigenvalue weighted by Gasteiger charge is 2.26. The number of aromatic nitrogens is 1. The third-order valence-corrected chi connectivity index (χ3v) is 8.02. The van der Waals surface area contributed by atoms with Crippen LogP contribution in [-0.4, -0.2) is 69.0 Å². The van der Waals surface area contributed by atoms with Gasteiger partial charge in [0, 0.05) is 31.7 Å². The highest BCUT2D eigenvalue weighted by molar-refractivity contribution is 7.89. The summed E-state index contributed by atoms with van der Waals surface area (Å²) in [6, 6.07) is 10.1. The second-order valence-electron chi connectivity index (χ2n) is 8.12. The molecule has 0 unspecified atom stereocenters. The van der Waals surface area contributed by atoms with Gasteiger partial charge in [0.25, 0.3) is 0 Å². The van der Waals surface area contributed by atoms with E-state index in [9.17, 15) is 18.9 Å². The van der Waals surface area contributed by atoms with E-state index in [0.29, 0.717) is 24.2 Å². The van der Waals surface area contributed by atoms with E-state index in [1.54, 1.807) is 12.1 Å². The van der Waals surface area contributed by atoms with E-state index in [1.165, 1.54) is 16.4 Å². The molecule has 11 heteroatoms. The van der Waals surface area contributed by atoms with Gasteiger partial charge in [-0.25, -0.2) is 8.42 Å². The SMILES string of the molecule is CN1CCOCC1.N#Cc1c(N)[nH]c(=S)c(C#N)c1-c1ccc(S(=O)(=O)N2CCCCC2)cc1. The summed E-state index contributed by atoms with van der Waals surface area (Å²) in [5.41, 5.74) is 6.88. The molecule has 2 aliphatic rings. The van der Waals surface area contributed by atoms with Crippen molar-refractivity contribution >= 4 is 28.1 Å². The molecule has 1 aromatic heterocycles. The van der Waals surface area contributed by atoms with Crippen LogP contribution in [-0.2, 0) is 14.8 Å². The lowest BCUT2D eigenvalue weighted by Crippen LogP contribution is -2.35. The Morgan fingerprint density at radius 1 is 1.00 bits per heavy atom. The number of nitrogens with zero attached hydrogens (tertiary/aromatic N) is 4. The molecule has 0 saturated carbocycles. The fourth-order valence-electron chi connectivity index (χ4n) is 3.83. The van der Waals surface area contributed by atoms with Gasteiger partial charge in [0.15, 0.2) is 0 Å². The normalized spacial score (nSPS) is 17.1. The maximum absolute atomic E-state index is 12.8. The summed E-state index contributed by atoms with van der Waals surface area (Å²) in [7, 11) is -1.44. The minimum Gasteiger partial charge on any atom is -0.384 e. The van der Waals surface area contributed by atoms with Crippen LogP contribution < -0.4 is 5.73 Å². The number of pyridine rings is 1. The first-order chi connectivity index (χ1) is 16.3. The van der Waals surface area contributed by atoms with Gasteiger partial charge in [0.1, 0.15) is 28.2 Å². The maximum atomic E-state index is 12.8. The summed E-state index contributed by atoms with van der Waals surface area (Å²) >= 11 is 5.13. The molecule has 0 amide bonds. The molecule has 34 heavy (non-hydrogen) atoms. The first-order valence-corrected chi connectivity index (χ1v) is 12.9. The topological polar surface area (TPSA) is 139 Å². The van der Waals surface area contributed by atoms with Crippen LogP contribution in [0.2, 0.25) is 0 Å². The number of morpholine rings is 1. The van der Waals surface area contributed by atoms with Crippen molar-refractivity contribution in [3.8, 4) is 23.3 Å². The van der Waals surface area contributed by atoms with E-state index >= 15 is 0 Å². The van der Waals surface area contributed by atoms with E-state index in [4.69, 9.17) is 22.7 Å². The van der Waals surface area contributed by atoms with E-state index < -0.39 is 10.0 Å². The number of likely N-dealkylation sites (N-methyl/N-ethyl adjacent to an activating group) is 1. The average molecular weight is 501 g/mol. The van der Waals surface area contributed by atoms with Gasteiger partial charge in [0.2, 0.25) is 10.0 Å². The molecule has 2 aromatic rings. The minimum atomic E-state index is -3.56. The van der Waals surface area contributed by atoms with Crippen molar-refractivity contribution in [2.45, 2.75) is 24.2 Å². The van der Waals surface area contributed by atoms with Crippen molar-refractivity contribution in [1.82, 2.24) is 14.2 Å². The number of nitrogens with two attached hydrogens (primary N) is 1. The Labute approximate surface area is 205 Å². The monoisotopic (exact) mass is 500 g/mol. The van der Waals surface area contributed by atoms with Crippen molar-refractivity contribution < 1.29 is 13.2 Å². The predicted octanol–water partition coefficient (Wildman–Crippen LogP) is 2.86. The van der Waals surface area contributed by atoms with Gasteiger partial charge in [-0.15, -0.1) is 0 Å². The number of anilines is 1. The lowest BCUT2D eigenvalue weighted by Gasteiger charge is -2.25. The lowest BCUT2D eigenvalue weighted by atomic mass is 9.97. The zero-order chi connectivity index (χ0) is 24.7. The highest BCUT2D eigenvalue weighted by atomic mass is 32.2. The van der Waals surface area contributed by atoms with Crippen LogP contribution in [0.25, 0.3) is 11.1 Å². The number of hydrogen-bond donors (Lipinski definition) is 2. The van der Waals surface area contributed by atoms with Gasteiger partial charge in [-0.1, -0.05) is 30.8 Å². The van der Waals surface area contributed by atoms with Crippen LogP contribution in [0.1, 0.15) is 30.4 Å². The molecule has 0 spiro atoms. The smallest absolute Gasteiger partial charge is 0.243 e. The van der Waals surface area contributed by atoms with Crippen LogP contribution in [0.4, 0.5) is 5.82 Å². The van der Waals surface area contributed by atoms with Crippen molar-refractivity contribution in [2.24, 2.45) is 0 Å². The Hall–Kier alpha value is -2.80. The number of ether oxygens (including phenoxy) is 1. The van der Waals surface area contributed by atoms with Crippen LogP contribution in [0.3, 0.4) is 0 Å². The molecule has 0 radical (unpaired) electrons. The molecule has 3 heterocycles. The molecule has 1 aromatic carbocycles. The van der Waals surface area contributed by atoms with E-state index in [2.05, 4.69) is 16.9 Å². The first kappa shape index (κ1) is 25.8. The van der Waals surface area contributed by atoms with Gasteiger partial charge >= 0.3 is 0 Å². The number of sulfonamides is 1. The van der Waals surface area contributed by atoms with E-state index in [-0.39, 0.29) is 26.5 Å². The quantitative estimate of drug-likeness (QED) is 0.613. The van der Waals surface area contributed by atoms with Crippen molar-refractivity contribution in [3.05, 3.63) is 40.0 Å². The molecule has 2 aliphatic heterocycles. The molecule has 4 rings (SSSR count). The molecule has 3 N–H and O–H groups in total. The van der Waals surface area contributed by atoms with Gasteiger partial charge in [-0.05, 0) is 37.6 Å². The molecular formula is C23H28N6O3S2. The summed E-state index contributed by atoms with van der Waals surface area (Å²) in [6.45, 7) is 5.06. The summed E-state index contributed by atoms with van der Waals surface area (Å²) in [4.78, 5) is 5.09. The third kappa shape index (κ3) is 5.81. The second kappa shape index (κ2) is 11.6.